The summed E-state index contributed by atoms with van der Waals surface area (Å²) in [5.74, 6) is -0.875. The fraction of sp³-hybridized carbons (Fsp3) is 0.316. The van der Waals surface area contributed by atoms with Gasteiger partial charge >= 0.3 is 6.36 Å². The quantitative estimate of drug-likeness (QED) is 0.709. The first-order valence-electron chi connectivity index (χ1n) is 8.61. The van der Waals surface area contributed by atoms with Crippen molar-refractivity contribution in [2.45, 2.75) is 40.0 Å². The summed E-state index contributed by atoms with van der Waals surface area (Å²) >= 11 is 0. The lowest BCUT2D eigenvalue weighted by molar-refractivity contribution is -0.274. The molecule has 0 atom stereocenters. The summed E-state index contributed by atoms with van der Waals surface area (Å²) in [6.45, 7) is 5.62. The highest BCUT2D eigenvalue weighted by Gasteiger charge is 2.32. The number of rotatable bonds is 5. The predicted octanol–water partition coefficient (Wildman–Crippen LogP) is 4.12. The lowest BCUT2D eigenvalue weighted by atomic mass is 10.1. The van der Waals surface area contributed by atoms with Gasteiger partial charge in [-0.15, -0.1) is 13.2 Å². The summed E-state index contributed by atoms with van der Waals surface area (Å²) in [5, 5.41) is 6.86. The topological polar surface area (TPSA) is 68.5 Å². The van der Waals surface area contributed by atoms with Gasteiger partial charge in [0.25, 0.3) is 0 Å². The van der Waals surface area contributed by atoms with Crippen LogP contribution in [-0.2, 0) is 11.2 Å². The molecule has 2 aromatic heterocycles. The molecule has 9 heteroatoms. The fourth-order valence-electron chi connectivity index (χ4n) is 3.04. The Morgan fingerprint density at radius 3 is 2.64 bits per heavy atom. The van der Waals surface area contributed by atoms with Gasteiger partial charge in [0.05, 0.1) is 11.4 Å². The molecule has 3 aromatic rings. The number of nitrogens with one attached hydrogen (secondary N) is 1. The first-order valence-corrected chi connectivity index (χ1v) is 8.61. The van der Waals surface area contributed by atoms with Crippen molar-refractivity contribution >= 4 is 17.2 Å². The highest BCUT2D eigenvalue weighted by molar-refractivity contribution is 5.92. The third-order valence-electron chi connectivity index (χ3n) is 4.28. The molecule has 1 N–H and O–H groups in total. The van der Waals surface area contributed by atoms with Gasteiger partial charge in [0.15, 0.2) is 11.4 Å². The molecule has 28 heavy (non-hydrogen) atoms. The number of hydrogen-bond donors (Lipinski definition) is 1. The van der Waals surface area contributed by atoms with Crippen LogP contribution in [0.15, 0.2) is 30.3 Å². The van der Waals surface area contributed by atoms with Crippen LogP contribution >= 0.6 is 0 Å². The third-order valence-corrected chi connectivity index (χ3v) is 4.28. The van der Waals surface area contributed by atoms with Crippen LogP contribution in [0.4, 0.5) is 18.9 Å². The van der Waals surface area contributed by atoms with E-state index in [0.29, 0.717) is 6.42 Å². The number of aryl methyl sites for hydroxylation is 3. The Hall–Kier alpha value is -3.10. The molecule has 0 aliphatic heterocycles. The number of ether oxygens (including phenoxy) is 1. The maximum absolute atomic E-state index is 12.5. The second-order valence-electron chi connectivity index (χ2n) is 6.41. The van der Waals surface area contributed by atoms with Gasteiger partial charge in [-0.05, 0) is 44.9 Å². The Morgan fingerprint density at radius 1 is 1.21 bits per heavy atom. The minimum Gasteiger partial charge on any atom is -0.404 e. The van der Waals surface area contributed by atoms with Gasteiger partial charge in [-0.25, -0.2) is 9.50 Å². The Kier molecular flexibility index (Phi) is 5.26. The Labute approximate surface area is 159 Å². The molecule has 1 amide bonds. The van der Waals surface area contributed by atoms with Crippen LogP contribution in [0.25, 0.3) is 5.65 Å². The number of carbonyl (C=O) groups excluding carboxylic acids is 1. The van der Waals surface area contributed by atoms with E-state index in [1.807, 2.05) is 26.8 Å². The maximum Gasteiger partial charge on any atom is 0.573 e. The van der Waals surface area contributed by atoms with E-state index in [1.54, 1.807) is 4.52 Å². The van der Waals surface area contributed by atoms with Crippen LogP contribution in [-0.4, -0.2) is 26.9 Å². The summed E-state index contributed by atoms with van der Waals surface area (Å²) in [4.78, 5) is 16.8. The molecule has 0 spiro atoms. The number of fused-ring (bicyclic) bond motifs is 1. The molecule has 6 nitrogen and oxygen atoms in total. The first kappa shape index (κ1) is 19.7. The average molecular weight is 392 g/mol. The molecule has 3 rings (SSSR count). The van der Waals surface area contributed by atoms with Crippen LogP contribution in [0, 0.1) is 20.8 Å². The number of halogens is 3. The van der Waals surface area contributed by atoms with Crippen molar-refractivity contribution < 1.29 is 22.7 Å². The number of para-hydroxylation sites is 2. The van der Waals surface area contributed by atoms with Crippen LogP contribution in [0.1, 0.15) is 29.1 Å². The number of amides is 1. The normalized spacial score (nSPS) is 11.6. The monoisotopic (exact) mass is 392 g/mol. The smallest absolute Gasteiger partial charge is 0.404 e. The summed E-state index contributed by atoms with van der Waals surface area (Å²) < 4.78 is 43.2. The van der Waals surface area contributed by atoms with Gasteiger partial charge in [-0.2, -0.15) is 5.10 Å². The molecule has 0 bridgehead atoms. The first-order chi connectivity index (χ1) is 13.1. The van der Waals surface area contributed by atoms with Crippen LogP contribution in [0.5, 0.6) is 5.75 Å². The van der Waals surface area contributed by atoms with E-state index in [4.69, 9.17) is 0 Å². The van der Waals surface area contributed by atoms with Gasteiger partial charge in [0, 0.05) is 23.9 Å². The molecular formula is C19H19F3N4O2. The van der Waals surface area contributed by atoms with Gasteiger partial charge in [-0.3, -0.25) is 4.79 Å². The molecule has 0 saturated carbocycles. The van der Waals surface area contributed by atoms with Crippen LogP contribution in [0.2, 0.25) is 0 Å². The Balaban J connectivity index is 1.73. The SMILES string of the molecule is Cc1cc2nc(C)c(CCC(=O)Nc3ccccc3OC(F)(F)F)c(C)n2n1. The van der Waals surface area contributed by atoms with E-state index in [2.05, 4.69) is 20.1 Å². The van der Waals surface area contributed by atoms with Crippen molar-refractivity contribution in [3.05, 3.63) is 53.0 Å². The van der Waals surface area contributed by atoms with Crippen molar-refractivity contribution in [2.75, 3.05) is 5.32 Å². The molecule has 0 fully saturated rings. The number of nitrogens with zero attached hydrogens (tertiary/aromatic N) is 3. The van der Waals surface area contributed by atoms with Crippen LogP contribution in [0.3, 0.4) is 0 Å². The van der Waals surface area contributed by atoms with Gasteiger partial charge in [-0.1, -0.05) is 12.1 Å². The third kappa shape index (κ3) is 4.41. The molecule has 1 aromatic carbocycles. The second-order valence-corrected chi connectivity index (χ2v) is 6.41. The number of benzene rings is 1. The number of alkyl halides is 3. The highest BCUT2D eigenvalue weighted by Crippen LogP contribution is 2.30. The number of carbonyl (C=O) groups is 1. The lowest BCUT2D eigenvalue weighted by Crippen LogP contribution is -2.20. The fourth-order valence-corrected chi connectivity index (χ4v) is 3.04. The molecule has 0 unspecified atom stereocenters. The minimum absolute atomic E-state index is 0.0328. The summed E-state index contributed by atoms with van der Waals surface area (Å²) in [6, 6.07) is 7.29. The zero-order valence-electron chi connectivity index (χ0n) is 15.6. The Bertz CT molecular complexity index is 1030. The number of hydrogen-bond acceptors (Lipinski definition) is 4. The summed E-state index contributed by atoms with van der Waals surface area (Å²) in [6.07, 6.45) is -4.37. The Morgan fingerprint density at radius 2 is 1.93 bits per heavy atom. The maximum atomic E-state index is 12.5. The van der Waals surface area contributed by atoms with Gasteiger partial charge in [0.1, 0.15) is 0 Å². The molecule has 2 heterocycles. The van der Waals surface area contributed by atoms with Crippen molar-refractivity contribution in [2.24, 2.45) is 0 Å². The van der Waals surface area contributed by atoms with Crippen molar-refractivity contribution in [1.82, 2.24) is 14.6 Å². The van der Waals surface area contributed by atoms with E-state index in [0.717, 1.165) is 34.4 Å². The number of anilines is 1. The molecule has 0 radical (unpaired) electrons. The minimum atomic E-state index is -4.84. The van der Waals surface area contributed by atoms with E-state index in [1.165, 1.54) is 18.2 Å². The van der Waals surface area contributed by atoms with Crippen molar-refractivity contribution in [1.29, 1.82) is 0 Å². The zero-order chi connectivity index (χ0) is 20.5. The predicted molar refractivity (Wildman–Crippen MR) is 97.3 cm³/mol. The lowest BCUT2D eigenvalue weighted by Gasteiger charge is -2.14. The molecule has 148 valence electrons. The average Bonchev–Trinajstić information content (AvgIpc) is 2.95. The van der Waals surface area contributed by atoms with E-state index < -0.39 is 18.0 Å². The van der Waals surface area contributed by atoms with Crippen molar-refractivity contribution in [3.8, 4) is 5.75 Å². The molecule has 0 saturated heterocycles. The van der Waals surface area contributed by atoms with E-state index in [-0.39, 0.29) is 12.1 Å². The number of aromatic nitrogens is 3. The molecular weight excluding hydrogens is 373 g/mol. The second kappa shape index (κ2) is 7.49. The molecule has 0 aliphatic carbocycles. The van der Waals surface area contributed by atoms with Crippen LogP contribution < -0.4 is 10.1 Å². The standard InChI is InChI=1S/C19H19F3N4O2/c1-11-10-17-23-12(2)14(13(3)26(17)25-11)8-9-18(27)24-15-6-4-5-7-16(15)28-19(20,21)22/h4-7,10H,8-9H2,1-3H3,(H,24,27). The van der Waals surface area contributed by atoms with Gasteiger partial charge in [0.2, 0.25) is 5.91 Å². The van der Waals surface area contributed by atoms with E-state index >= 15 is 0 Å². The van der Waals surface area contributed by atoms with E-state index in [9.17, 15) is 18.0 Å². The largest absolute Gasteiger partial charge is 0.573 e. The highest BCUT2D eigenvalue weighted by atomic mass is 19.4. The van der Waals surface area contributed by atoms with Crippen molar-refractivity contribution in [3.63, 3.8) is 0 Å². The van der Waals surface area contributed by atoms with Gasteiger partial charge < -0.3 is 10.1 Å². The summed E-state index contributed by atoms with van der Waals surface area (Å²) in [5.41, 5.74) is 4.09. The summed E-state index contributed by atoms with van der Waals surface area (Å²) in [7, 11) is 0. The molecule has 0 aliphatic rings. The zero-order valence-corrected chi connectivity index (χ0v) is 15.6.